The number of hydrogen-bond donors (Lipinski definition) is 2. The van der Waals surface area contributed by atoms with Crippen molar-refractivity contribution in [3.63, 3.8) is 0 Å². The molecular formula is C11H15F3N4. The second-order valence-electron chi connectivity index (χ2n) is 4.56. The van der Waals surface area contributed by atoms with Gasteiger partial charge in [0.25, 0.3) is 0 Å². The molecule has 18 heavy (non-hydrogen) atoms. The van der Waals surface area contributed by atoms with Crippen LogP contribution in [0.4, 0.5) is 19.0 Å². The van der Waals surface area contributed by atoms with Crippen molar-refractivity contribution >= 4 is 5.82 Å². The molecule has 0 saturated heterocycles. The van der Waals surface area contributed by atoms with E-state index in [1.807, 2.05) is 0 Å². The van der Waals surface area contributed by atoms with Gasteiger partial charge in [-0.25, -0.2) is 0 Å². The molecule has 4 nitrogen and oxygen atoms in total. The van der Waals surface area contributed by atoms with Crippen molar-refractivity contribution in [1.29, 1.82) is 0 Å². The SMILES string of the molecule is NC1CCC(Nc2ccc(C(F)(F)F)nn2)CC1. The maximum absolute atomic E-state index is 12.3. The molecule has 1 heterocycles. The molecule has 7 heteroatoms. The van der Waals surface area contributed by atoms with Crippen molar-refractivity contribution < 1.29 is 13.2 Å². The first-order valence-electron chi connectivity index (χ1n) is 5.88. The lowest BCUT2D eigenvalue weighted by atomic mass is 9.92. The van der Waals surface area contributed by atoms with Crippen LogP contribution < -0.4 is 11.1 Å². The zero-order chi connectivity index (χ0) is 13.2. The average Bonchev–Trinajstić information content (AvgIpc) is 2.32. The molecule has 3 N–H and O–H groups in total. The third-order valence-corrected chi connectivity index (χ3v) is 3.08. The highest BCUT2D eigenvalue weighted by atomic mass is 19.4. The molecule has 0 unspecified atom stereocenters. The Morgan fingerprint density at radius 2 is 1.78 bits per heavy atom. The van der Waals surface area contributed by atoms with Crippen LogP contribution in [0.15, 0.2) is 12.1 Å². The number of halogens is 3. The number of rotatable bonds is 2. The summed E-state index contributed by atoms with van der Waals surface area (Å²) in [5, 5.41) is 9.80. The summed E-state index contributed by atoms with van der Waals surface area (Å²) in [4.78, 5) is 0. The van der Waals surface area contributed by atoms with E-state index in [4.69, 9.17) is 5.73 Å². The predicted octanol–water partition coefficient (Wildman–Crippen LogP) is 2.18. The monoisotopic (exact) mass is 260 g/mol. The third kappa shape index (κ3) is 3.32. The highest BCUT2D eigenvalue weighted by Gasteiger charge is 2.33. The molecule has 1 aliphatic rings. The summed E-state index contributed by atoms with van der Waals surface area (Å²) >= 11 is 0. The lowest BCUT2D eigenvalue weighted by molar-refractivity contribution is -0.141. The van der Waals surface area contributed by atoms with Crippen LogP contribution >= 0.6 is 0 Å². The molecule has 0 aromatic carbocycles. The van der Waals surface area contributed by atoms with Gasteiger partial charge < -0.3 is 11.1 Å². The molecule has 0 atom stereocenters. The Balaban J connectivity index is 1.94. The molecule has 0 spiro atoms. The smallest absolute Gasteiger partial charge is 0.366 e. The van der Waals surface area contributed by atoms with E-state index in [0.29, 0.717) is 5.82 Å². The topological polar surface area (TPSA) is 63.8 Å². The molecular weight excluding hydrogens is 245 g/mol. The van der Waals surface area contributed by atoms with Crippen LogP contribution in [0.25, 0.3) is 0 Å². The van der Waals surface area contributed by atoms with Crippen LogP contribution in [0.3, 0.4) is 0 Å². The molecule has 1 aromatic rings. The fourth-order valence-electron chi connectivity index (χ4n) is 2.03. The summed E-state index contributed by atoms with van der Waals surface area (Å²) in [5.74, 6) is 0.378. The van der Waals surface area contributed by atoms with Crippen LogP contribution in [-0.4, -0.2) is 22.3 Å². The van der Waals surface area contributed by atoms with Gasteiger partial charge in [0.1, 0.15) is 5.82 Å². The van der Waals surface area contributed by atoms with Gasteiger partial charge in [-0.1, -0.05) is 0 Å². The van der Waals surface area contributed by atoms with Gasteiger partial charge in [-0.3, -0.25) is 0 Å². The maximum atomic E-state index is 12.3. The highest BCUT2D eigenvalue weighted by molar-refractivity contribution is 5.34. The number of nitrogens with zero attached hydrogens (tertiary/aromatic N) is 2. The lowest BCUT2D eigenvalue weighted by Gasteiger charge is -2.27. The van der Waals surface area contributed by atoms with Crippen LogP contribution in [0.1, 0.15) is 31.4 Å². The fourth-order valence-corrected chi connectivity index (χ4v) is 2.03. The molecule has 100 valence electrons. The average molecular weight is 260 g/mol. The lowest BCUT2D eigenvalue weighted by Crippen LogP contribution is -2.33. The van der Waals surface area contributed by atoms with E-state index >= 15 is 0 Å². The summed E-state index contributed by atoms with van der Waals surface area (Å²) < 4.78 is 36.9. The van der Waals surface area contributed by atoms with E-state index in [2.05, 4.69) is 15.5 Å². The summed E-state index contributed by atoms with van der Waals surface area (Å²) in [6.45, 7) is 0. The first kappa shape index (κ1) is 13.1. The second-order valence-corrected chi connectivity index (χ2v) is 4.56. The van der Waals surface area contributed by atoms with Crippen molar-refractivity contribution in [1.82, 2.24) is 10.2 Å². The Kier molecular flexibility index (Phi) is 3.70. The number of hydrogen-bond acceptors (Lipinski definition) is 4. The van der Waals surface area contributed by atoms with Gasteiger partial charge in [0.05, 0.1) is 0 Å². The normalized spacial score (nSPS) is 24.9. The quantitative estimate of drug-likeness (QED) is 0.855. The van der Waals surface area contributed by atoms with Crippen molar-refractivity contribution in [2.45, 2.75) is 43.9 Å². The van der Waals surface area contributed by atoms with E-state index in [-0.39, 0.29) is 12.1 Å². The largest absolute Gasteiger partial charge is 0.435 e. The maximum Gasteiger partial charge on any atom is 0.435 e. The highest BCUT2D eigenvalue weighted by Crippen LogP contribution is 2.27. The summed E-state index contributed by atoms with van der Waals surface area (Å²) in [6.07, 6.45) is -0.783. The molecule has 0 bridgehead atoms. The van der Waals surface area contributed by atoms with E-state index < -0.39 is 11.9 Å². The first-order valence-corrected chi connectivity index (χ1v) is 5.88. The Morgan fingerprint density at radius 1 is 1.11 bits per heavy atom. The van der Waals surface area contributed by atoms with E-state index in [0.717, 1.165) is 31.7 Å². The van der Waals surface area contributed by atoms with Crippen molar-refractivity contribution in [3.8, 4) is 0 Å². The Labute approximate surface area is 103 Å². The molecule has 0 amide bonds. The standard InChI is InChI=1S/C11H15F3N4/c12-11(13,14)9-5-6-10(18-17-9)16-8-3-1-7(15)2-4-8/h5-8H,1-4,15H2,(H,16,18). The van der Waals surface area contributed by atoms with Gasteiger partial charge in [0, 0.05) is 12.1 Å². The molecule has 1 aromatic heterocycles. The Morgan fingerprint density at radius 3 is 2.28 bits per heavy atom. The fraction of sp³-hybridized carbons (Fsp3) is 0.636. The molecule has 1 saturated carbocycles. The van der Waals surface area contributed by atoms with Crippen LogP contribution in [0, 0.1) is 0 Å². The first-order chi connectivity index (χ1) is 8.45. The number of nitrogens with one attached hydrogen (secondary N) is 1. The number of nitrogens with two attached hydrogens (primary N) is 1. The molecule has 1 aliphatic carbocycles. The zero-order valence-corrected chi connectivity index (χ0v) is 9.74. The number of anilines is 1. The summed E-state index contributed by atoms with van der Waals surface area (Å²) in [5.41, 5.74) is 4.80. The van der Waals surface area contributed by atoms with Crippen molar-refractivity contribution in [3.05, 3.63) is 17.8 Å². The minimum Gasteiger partial charge on any atom is -0.366 e. The van der Waals surface area contributed by atoms with Crippen LogP contribution in [0.5, 0.6) is 0 Å². The van der Waals surface area contributed by atoms with Crippen LogP contribution in [-0.2, 0) is 6.18 Å². The van der Waals surface area contributed by atoms with Gasteiger partial charge >= 0.3 is 6.18 Å². The Hall–Kier alpha value is -1.37. The predicted molar refractivity (Wildman–Crippen MR) is 60.9 cm³/mol. The van der Waals surface area contributed by atoms with Gasteiger partial charge in [-0.2, -0.15) is 13.2 Å². The minimum absolute atomic E-state index is 0.218. The van der Waals surface area contributed by atoms with E-state index in [1.165, 1.54) is 6.07 Å². The molecule has 0 aliphatic heterocycles. The van der Waals surface area contributed by atoms with Gasteiger partial charge in [0.15, 0.2) is 5.69 Å². The van der Waals surface area contributed by atoms with Crippen LogP contribution in [0.2, 0.25) is 0 Å². The van der Waals surface area contributed by atoms with Gasteiger partial charge in [0.2, 0.25) is 0 Å². The third-order valence-electron chi connectivity index (χ3n) is 3.08. The van der Waals surface area contributed by atoms with Gasteiger partial charge in [-0.15, -0.1) is 10.2 Å². The summed E-state index contributed by atoms with van der Waals surface area (Å²) in [7, 11) is 0. The molecule has 1 fully saturated rings. The Bertz CT molecular complexity index is 382. The van der Waals surface area contributed by atoms with Crippen molar-refractivity contribution in [2.24, 2.45) is 5.73 Å². The van der Waals surface area contributed by atoms with E-state index in [1.54, 1.807) is 0 Å². The molecule has 2 rings (SSSR count). The zero-order valence-electron chi connectivity index (χ0n) is 9.74. The second kappa shape index (κ2) is 5.09. The summed E-state index contributed by atoms with van der Waals surface area (Å²) in [6, 6.07) is 2.70. The minimum atomic E-state index is -4.44. The molecule has 0 radical (unpaired) electrons. The van der Waals surface area contributed by atoms with Crippen molar-refractivity contribution in [2.75, 3.05) is 5.32 Å². The number of alkyl halides is 3. The van der Waals surface area contributed by atoms with Gasteiger partial charge in [-0.05, 0) is 37.8 Å². The van der Waals surface area contributed by atoms with E-state index in [9.17, 15) is 13.2 Å². The number of aromatic nitrogens is 2.